The van der Waals surface area contributed by atoms with Crippen molar-refractivity contribution >= 4 is 40.7 Å². The third-order valence-corrected chi connectivity index (χ3v) is 2.84. The van der Waals surface area contributed by atoms with Crippen LogP contribution in [0.4, 0.5) is 10.1 Å². The quantitative estimate of drug-likeness (QED) is 0.641. The highest BCUT2D eigenvalue weighted by Gasteiger charge is 2.30. The third-order valence-electron chi connectivity index (χ3n) is 2.29. The van der Waals surface area contributed by atoms with E-state index in [9.17, 15) is 14.0 Å². The summed E-state index contributed by atoms with van der Waals surface area (Å²) in [7, 11) is 0. The minimum atomic E-state index is -0.717. The molecule has 1 aliphatic rings. The normalized spacial score (nSPS) is 19.4. The minimum absolute atomic E-state index is 0.0332. The lowest BCUT2D eigenvalue weighted by molar-refractivity contribution is -0.124. The van der Waals surface area contributed by atoms with Gasteiger partial charge in [0.1, 0.15) is 6.04 Å². The Morgan fingerprint density at radius 3 is 2.35 bits per heavy atom. The molecule has 90 valence electrons. The third kappa shape index (κ3) is 2.50. The maximum absolute atomic E-state index is 13.1. The van der Waals surface area contributed by atoms with Crippen LogP contribution in [0.3, 0.4) is 0 Å². The molecule has 1 aliphatic heterocycles. The highest BCUT2D eigenvalue weighted by atomic mass is 35.5. The number of anilines is 1. The Balaban J connectivity index is 2.19. The second kappa shape index (κ2) is 4.50. The summed E-state index contributed by atoms with van der Waals surface area (Å²) in [6.45, 7) is 0. The predicted molar refractivity (Wildman–Crippen MR) is 61.6 cm³/mol. The van der Waals surface area contributed by atoms with Gasteiger partial charge < -0.3 is 5.32 Å². The standard InChI is InChI=1S/C10H7Cl2FN2O2/c11-5-1-4(2-6(12)9(5)13)14-7-3-8(16)15-10(7)17/h1-2,7,14H,3H2,(H,15,16,17). The smallest absolute Gasteiger partial charge is 0.249 e. The summed E-state index contributed by atoms with van der Waals surface area (Å²) in [6.07, 6.45) is 0.0332. The van der Waals surface area contributed by atoms with E-state index in [1.165, 1.54) is 12.1 Å². The molecular weight excluding hydrogens is 270 g/mol. The molecular formula is C10H7Cl2FN2O2. The number of carbonyl (C=O) groups excluding carboxylic acids is 2. The molecule has 0 aromatic heterocycles. The van der Waals surface area contributed by atoms with Crippen LogP contribution in [0.15, 0.2) is 12.1 Å². The fourth-order valence-electron chi connectivity index (χ4n) is 1.51. The first-order valence-electron chi connectivity index (χ1n) is 4.72. The second-order valence-electron chi connectivity index (χ2n) is 3.57. The molecule has 1 saturated heterocycles. The Morgan fingerprint density at radius 1 is 1.29 bits per heavy atom. The molecule has 1 unspecified atom stereocenters. The van der Waals surface area contributed by atoms with Gasteiger partial charge >= 0.3 is 0 Å². The Kier molecular flexibility index (Phi) is 3.22. The van der Waals surface area contributed by atoms with Crippen molar-refractivity contribution in [3.05, 3.63) is 28.0 Å². The molecule has 2 N–H and O–H groups in total. The first kappa shape index (κ1) is 12.1. The van der Waals surface area contributed by atoms with Crippen LogP contribution in [0.1, 0.15) is 6.42 Å². The number of hydrogen-bond donors (Lipinski definition) is 2. The molecule has 0 radical (unpaired) electrons. The number of imide groups is 1. The van der Waals surface area contributed by atoms with Crippen LogP contribution in [0, 0.1) is 5.82 Å². The van der Waals surface area contributed by atoms with Gasteiger partial charge in [-0.15, -0.1) is 0 Å². The van der Waals surface area contributed by atoms with Gasteiger partial charge in [-0.1, -0.05) is 23.2 Å². The van der Waals surface area contributed by atoms with Crippen LogP contribution in [0.2, 0.25) is 10.0 Å². The predicted octanol–water partition coefficient (Wildman–Crippen LogP) is 1.96. The van der Waals surface area contributed by atoms with Crippen molar-refractivity contribution in [1.82, 2.24) is 5.32 Å². The summed E-state index contributed by atoms with van der Waals surface area (Å²) in [5.74, 6) is -1.50. The average Bonchev–Trinajstić information content (AvgIpc) is 2.54. The topological polar surface area (TPSA) is 58.2 Å². The van der Waals surface area contributed by atoms with Crippen LogP contribution in [0.5, 0.6) is 0 Å². The maximum atomic E-state index is 13.1. The fraction of sp³-hybridized carbons (Fsp3) is 0.200. The average molecular weight is 277 g/mol. The molecule has 2 amide bonds. The van der Waals surface area contributed by atoms with E-state index in [4.69, 9.17) is 23.2 Å². The van der Waals surface area contributed by atoms with Gasteiger partial charge in [0.2, 0.25) is 11.8 Å². The van der Waals surface area contributed by atoms with Crippen molar-refractivity contribution in [2.75, 3.05) is 5.32 Å². The summed E-state index contributed by atoms with van der Waals surface area (Å²) in [5, 5.41) is 4.61. The van der Waals surface area contributed by atoms with Crippen molar-refractivity contribution < 1.29 is 14.0 Å². The molecule has 0 spiro atoms. The highest BCUT2D eigenvalue weighted by molar-refractivity contribution is 6.35. The highest BCUT2D eigenvalue weighted by Crippen LogP contribution is 2.28. The van der Waals surface area contributed by atoms with Crippen molar-refractivity contribution in [2.24, 2.45) is 0 Å². The van der Waals surface area contributed by atoms with Gasteiger partial charge in [0.25, 0.3) is 0 Å². The van der Waals surface area contributed by atoms with Crippen molar-refractivity contribution in [3.8, 4) is 0 Å². The summed E-state index contributed by atoms with van der Waals surface area (Å²) < 4.78 is 13.1. The van der Waals surface area contributed by atoms with Gasteiger partial charge in [0.15, 0.2) is 5.82 Å². The van der Waals surface area contributed by atoms with Gasteiger partial charge in [0.05, 0.1) is 16.5 Å². The Labute approximate surface area is 106 Å². The number of rotatable bonds is 2. The molecule has 1 atom stereocenters. The molecule has 0 bridgehead atoms. The molecule has 0 aliphatic carbocycles. The van der Waals surface area contributed by atoms with Crippen LogP contribution in [0.25, 0.3) is 0 Å². The molecule has 7 heteroatoms. The summed E-state index contributed by atoms with van der Waals surface area (Å²) >= 11 is 11.2. The van der Waals surface area contributed by atoms with E-state index in [0.717, 1.165) is 0 Å². The summed E-state index contributed by atoms with van der Waals surface area (Å²) in [4.78, 5) is 22.2. The number of nitrogens with one attached hydrogen (secondary N) is 2. The van der Waals surface area contributed by atoms with E-state index >= 15 is 0 Å². The van der Waals surface area contributed by atoms with Crippen LogP contribution >= 0.6 is 23.2 Å². The van der Waals surface area contributed by atoms with E-state index in [1.807, 2.05) is 0 Å². The summed E-state index contributed by atoms with van der Waals surface area (Å²) in [5.41, 5.74) is 0.385. The van der Waals surface area contributed by atoms with Gasteiger partial charge in [0, 0.05) is 5.69 Å². The maximum Gasteiger partial charge on any atom is 0.249 e. The first-order chi connectivity index (χ1) is 7.97. The van der Waals surface area contributed by atoms with Crippen molar-refractivity contribution in [2.45, 2.75) is 12.5 Å². The van der Waals surface area contributed by atoms with Crippen molar-refractivity contribution in [3.63, 3.8) is 0 Å². The lowest BCUT2D eigenvalue weighted by Crippen LogP contribution is -2.30. The molecule has 4 nitrogen and oxygen atoms in total. The van der Waals surface area contributed by atoms with E-state index < -0.39 is 17.8 Å². The number of halogens is 3. The molecule has 1 fully saturated rings. The van der Waals surface area contributed by atoms with Crippen LogP contribution in [-0.4, -0.2) is 17.9 Å². The lowest BCUT2D eigenvalue weighted by atomic mass is 10.2. The van der Waals surface area contributed by atoms with E-state index in [0.29, 0.717) is 5.69 Å². The minimum Gasteiger partial charge on any atom is -0.373 e. The number of hydrogen-bond acceptors (Lipinski definition) is 3. The number of carbonyl (C=O) groups is 2. The fourth-order valence-corrected chi connectivity index (χ4v) is 2.00. The van der Waals surface area contributed by atoms with Gasteiger partial charge in [-0.3, -0.25) is 14.9 Å². The zero-order valence-corrected chi connectivity index (χ0v) is 9.90. The Hall–Kier alpha value is -1.33. The Morgan fingerprint density at radius 2 is 1.88 bits per heavy atom. The first-order valence-corrected chi connectivity index (χ1v) is 5.47. The van der Waals surface area contributed by atoms with Crippen LogP contribution in [-0.2, 0) is 9.59 Å². The van der Waals surface area contributed by atoms with E-state index in [-0.39, 0.29) is 22.4 Å². The molecule has 1 heterocycles. The largest absolute Gasteiger partial charge is 0.373 e. The SMILES string of the molecule is O=C1CC(Nc2cc(Cl)c(F)c(Cl)c2)C(=O)N1. The van der Waals surface area contributed by atoms with Gasteiger partial charge in [-0.25, -0.2) is 4.39 Å². The van der Waals surface area contributed by atoms with Gasteiger partial charge in [-0.2, -0.15) is 0 Å². The summed E-state index contributed by atoms with van der Waals surface area (Å²) in [6, 6.07) is 1.93. The molecule has 2 rings (SSSR count). The number of benzene rings is 1. The number of amides is 2. The molecule has 17 heavy (non-hydrogen) atoms. The van der Waals surface area contributed by atoms with Gasteiger partial charge in [-0.05, 0) is 12.1 Å². The zero-order valence-electron chi connectivity index (χ0n) is 8.39. The Bertz CT molecular complexity index is 484. The van der Waals surface area contributed by atoms with Crippen LogP contribution < -0.4 is 10.6 Å². The zero-order chi connectivity index (χ0) is 12.6. The van der Waals surface area contributed by atoms with E-state index in [1.54, 1.807) is 0 Å². The molecule has 1 aromatic rings. The van der Waals surface area contributed by atoms with Crippen molar-refractivity contribution in [1.29, 1.82) is 0 Å². The molecule has 0 saturated carbocycles. The second-order valence-corrected chi connectivity index (χ2v) is 4.38. The van der Waals surface area contributed by atoms with E-state index in [2.05, 4.69) is 10.6 Å². The monoisotopic (exact) mass is 276 g/mol. The molecule has 1 aromatic carbocycles. The lowest BCUT2D eigenvalue weighted by Gasteiger charge is -2.11.